The Kier molecular flexibility index (Phi) is 3.17. The van der Waals surface area contributed by atoms with E-state index in [-0.39, 0.29) is 11.6 Å². The molecule has 3 heteroatoms. The van der Waals surface area contributed by atoms with Gasteiger partial charge in [0, 0.05) is 12.8 Å². The summed E-state index contributed by atoms with van der Waals surface area (Å²) in [4.78, 5) is 22.6. The molecule has 0 aliphatic carbocycles. The first-order valence-corrected chi connectivity index (χ1v) is 4.64. The fourth-order valence-corrected chi connectivity index (χ4v) is 1.54. The van der Waals surface area contributed by atoms with Crippen LogP contribution in [-0.2, 0) is 4.79 Å². The normalized spacial score (nSPS) is 9.75. The summed E-state index contributed by atoms with van der Waals surface area (Å²) in [7, 11) is 0. The standard InChI is InChI=1S/C9H10O2S/c1-7(10)4-5-8(11)9-3-2-6-12-9/h2-3,6H,4-5H2,1H3. The van der Waals surface area contributed by atoms with E-state index in [0.717, 1.165) is 4.88 Å². The number of carbonyl (C=O) groups is 2. The van der Waals surface area contributed by atoms with Crippen LogP contribution in [0.15, 0.2) is 17.5 Å². The van der Waals surface area contributed by atoms with E-state index in [2.05, 4.69) is 0 Å². The van der Waals surface area contributed by atoms with Gasteiger partial charge in [0.15, 0.2) is 5.78 Å². The van der Waals surface area contributed by atoms with Gasteiger partial charge in [-0.05, 0) is 18.4 Å². The Morgan fingerprint density at radius 1 is 1.42 bits per heavy atom. The van der Waals surface area contributed by atoms with E-state index in [1.165, 1.54) is 18.3 Å². The first-order chi connectivity index (χ1) is 5.70. The lowest BCUT2D eigenvalue weighted by atomic mass is 10.1. The molecule has 0 saturated heterocycles. The molecule has 64 valence electrons. The van der Waals surface area contributed by atoms with Gasteiger partial charge in [-0.2, -0.15) is 0 Å². The molecule has 0 aromatic carbocycles. The smallest absolute Gasteiger partial charge is 0.173 e. The number of thiophene rings is 1. The van der Waals surface area contributed by atoms with Crippen LogP contribution in [0, 0.1) is 0 Å². The molecule has 12 heavy (non-hydrogen) atoms. The molecule has 1 aromatic heterocycles. The second-order valence-corrected chi connectivity index (χ2v) is 3.55. The van der Waals surface area contributed by atoms with Crippen molar-refractivity contribution < 1.29 is 9.59 Å². The second-order valence-electron chi connectivity index (χ2n) is 2.60. The third-order valence-corrected chi connectivity index (χ3v) is 2.41. The lowest BCUT2D eigenvalue weighted by molar-refractivity contribution is -0.116. The minimum absolute atomic E-state index is 0.0694. The zero-order chi connectivity index (χ0) is 8.97. The number of hydrogen-bond donors (Lipinski definition) is 0. The second kappa shape index (κ2) is 4.16. The minimum atomic E-state index is 0.0694. The summed E-state index contributed by atoms with van der Waals surface area (Å²) in [5.41, 5.74) is 0. The van der Waals surface area contributed by atoms with Crippen molar-refractivity contribution in [3.63, 3.8) is 0 Å². The zero-order valence-corrected chi connectivity index (χ0v) is 7.69. The lowest BCUT2D eigenvalue weighted by Gasteiger charge is -1.93. The van der Waals surface area contributed by atoms with Gasteiger partial charge in [-0.3, -0.25) is 4.79 Å². The van der Waals surface area contributed by atoms with Crippen molar-refractivity contribution in [1.29, 1.82) is 0 Å². The van der Waals surface area contributed by atoms with Crippen molar-refractivity contribution in [2.24, 2.45) is 0 Å². The van der Waals surface area contributed by atoms with E-state index in [1.54, 1.807) is 6.07 Å². The minimum Gasteiger partial charge on any atom is -0.300 e. The molecule has 0 aliphatic rings. The monoisotopic (exact) mass is 182 g/mol. The van der Waals surface area contributed by atoms with Crippen LogP contribution in [-0.4, -0.2) is 11.6 Å². The summed E-state index contributed by atoms with van der Waals surface area (Å²) in [5, 5.41) is 1.86. The van der Waals surface area contributed by atoms with Gasteiger partial charge in [-0.25, -0.2) is 0 Å². The lowest BCUT2D eigenvalue weighted by Crippen LogP contribution is -1.99. The van der Waals surface area contributed by atoms with Crippen LogP contribution in [0.1, 0.15) is 29.4 Å². The maximum Gasteiger partial charge on any atom is 0.173 e. The predicted octanol–water partition coefficient (Wildman–Crippen LogP) is 2.30. The third-order valence-electron chi connectivity index (χ3n) is 1.50. The van der Waals surface area contributed by atoms with Gasteiger partial charge >= 0.3 is 0 Å². The summed E-state index contributed by atoms with van der Waals surface area (Å²) in [6.45, 7) is 1.50. The van der Waals surface area contributed by atoms with Crippen molar-refractivity contribution in [2.75, 3.05) is 0 Å². The fourth-order valence-electron chi connectivity index (χ4n) is 0.850. The van der Waals surface area contributed by atoms with Crippen LogP contribution in [0.4, 0.5) is 0 Å². The Morgan fingerprint density at radius 2 is 2.17 bits per heavy atom. The van der Waals surface area contributed by atoms with E-state index < -0.39 is 0 Å². The summed E-state index contributed by atoms with van der Waals surface area (Å²) in [5.74, 6) is 0.139. The largest absolute Gasteiger partial charge is 0.300 e. The van der Waals surface area contributed by atoms with Crippen molar-refractivity contribution >= 4 is 22.9 Å². The third kappa shape index (κ3) is 2.58. The summed E-state index contributed by atoms with van der Waals surface area (Å²) < 4.78 is 0. The van der Waals surface area contributed by atoms with Gasteiger partial charge in [-0.15, -0.1) is 11.3 Å². The van der Waals surface area contributed by atoms with Crippen LogP contribution < -0.4 is 0 Å². The zero-order valence-electron chi connectivity index (χ0n) is 6.87. The molecule has 1 aromatic rings. The van der Waals surface area contributed by atoms with Gasteiger partial charge in [0.25, 0.3) is 0 Å². The predicted molar refractivity (Wildman–Crippen MR) is 48.6 cm³/mol. The van der Waals surface area contributed by atoms with Crippen molar-refractivity contribution in [3.05, 3.63) is 22.4 Å². The highest BCUT2D eigenvalue weighted by Gasteiger charge is 2.06. The first-order valence-electron chi connectivity index (χ1n) is 3.76. The van der Waals surface area contributed by atoms with Crippen molar-refractivity contribution in [1.82, 2.24) is 0 Å². The van der Waals surface area contributed by atoms with Crippen LogP contribution >= 0.6 is 11.3 Å². The van der Waals surface area contributed by atoms with Crippen LogP contribution in [0.2, 0.25) is 0 Å². The molecule has 0 bridgehead atoms. The molecular formula is C9H10O2S. The topological polar surface area (TPSA) is 34.1 Å². The molecule has 0 unspecified atom stereocenters. The number of ketones is 2. The molecule has 0 aliphatic heterocycles. The Hall–Kier alpha value is -0.960. The Balaban J connectivity index is 2.45. The molecule has 1 heterocycles. The van der Waals surface area contributed by atoms with Gasteiger partial charge in [0.2, 0.25) is 0 Å². The van der Waals surface area contributed by atoms with Gasteiger partial charge in [-0.1, -0.05) is 6.07 Å². The molecule has 0 N–H and O–H groups in total. The highest BCUT2D eigenvalue weighted by molar-refractivity contribution is 7.12. The maximum absolute atomic E-state index is 11.3. The van der Waals surface area contributed by atoms with Crippen molar-refractivity contribution in [3.8, 4) is 0 Å². The average molecular weight is 182 g/mol. The van der Waals surface area contributed by atoms with Crippen LogP contribution in [0.5, 0.6) is 0 Å². The van der Waals surface area contributed by atoms with Crippen LogP contribution in [0.25, 0.3) is 0 Å². The van der Waals surface area contributed by atoms with Crippen molar-refractivity contribution in [2.45, 2.75) is 19.8 Å². The molecule has 1 rings (SSSR count). The Bertz CT molecular complexity index is 275. The van der Waals surface area contributed by atoms with Crippen LogP contribution in [0.3, 0.4) is 0 Å². The van der Waals surface area contributed by atoms with E-state index >= 15 is 0 Å². The van der Waals surface area contributed by atoms with Gasteiger partial charge in [0.05, 0.1) is 4.88 Å². The number of Topliss-reactive ketones (excluding diaryl/α,β-unsaturated/α-hetero) is 2. The molecule has 0 fully saturated rings. The molecule has 0 saturated carbocycles. The quantitative estimate of drug-likeness (QED) is 0.669. The average Bonchev–Trinajstić information content (AvgIpc) is 2.51. The van der Waals surface area contributed by atoms with Gasteiger partial charge in [0.1, 0.15) is 5.78 Å². The SMILES string of the molecule is CC(=O)CCC(=O)c1cccs1. The van der Waals surface area contributed by atoms with E-state index in [1.807, 2.05) is 11.4 Å². The molecule has 0 atom stereocenters. The van der Waals surface area contributed by atoms with E-state index in [9.17, 15) is 9.59 Å². The molecule has 0 amide bonds. The first kappa shape index (κ1) is 9.13. The number of hydrogen-bond acceptors (Lipinski definition) is 3. The Morgan fingerprint density at radius 3 is 2.67 bits per heavy atom. The molecular weight excluding hydrogens is 172 g/mol. The number of rotatable bonds is 4. The fraction of sp³-hybridized carbons (Fsp3) is 0.333. The highest BCUT2D eigenvalue weighted by Crippen LogP contribution is 2.12. The van der Waals surface area contributed by atoms with Gasteiger partial charge < -0.3 is 4.79 Å². The maximum atomic E-state index is 11.3. The summed E-state index contributed by atoms with van der Waals surface area (Å²) in [6.07, 6.45) is 0.701. The highest BCUT2D eigenvalue weighted by atomic mass is 32.1. The molecule has 0 spiro atoms. The van der Waals surface area contributed by atoms with E-state index in [0.29, 0.717) is 12.8 Å². The summed E-state index contributed by atoms with van der Waals surface area (Å²) >= 11 is 1.42. The van der Waals surface area contributed by atoms with E-state index in [4.69, 9.17) is 0 Å². The summed E-state index contributed by atoms with van der Waals surface area (Å²) in [6, 6.07) is 3.62. The molecule has 0 radical (unpaired) electrons. The Labute approximate surface area is 75.2 Å². The number of carbonyl (C=O) groups excluding carboxylic acids is 2. The molecule has 2 nitrogen and oxygen atoms in total.